The zero-order valence-corrected chi connectivity index (χ0v) is 9.59. The summed E-state index contributed by atoms with van der Waals surface area (Å²) in [6.45, 7) is 1.80. The van der Waals surface area contributed by atoms with E-state index in [0.717, 1.165) is 22.5 Å². The highest BCUT2D eigenvalue weighted by atomic mass is 16.3. The molecule has 1 N–H and O–H groups in total. The number of fused-ring (bicyclic) bond motifs is 1. The second kappa shape index (κ2) is 3.54. The molecule has 2 aromatic rings. The fraction of sp³-hybridized carbons (Fsp3) is 0.133. The summed E-state index contributed by atoms with van der Waals surface area (Å²) in [6.07, 6.45) is 0. The summed E-state index contributed by atoms with van der Waals surface area (Å²) in [4.78, 5) is 4.54. The van der Waals surface area contributed by atoms with Gasteiger partial charge < -0.3 is 5.11 Å². The molecule has 1 heterocycles. The van der Waals surface area contributed by atoms with Gasteiger partial charge in [0.15, 0.2) is 0 Å². The largest absolute Gasteiger partial charge is 0.379 e. The summed E-state index contributed by atoms with van der Waals surface area (Å²) in [6, 6.07) is 17.5. The highest BCUT2D eigenvalue weighted by Gasteiger charge is 2.37. The van der Waals surface area contributed by atoms with E-state index in [4.69, 9.17) is 0 Å². The van der Waals surface area contributed by atoms with Crippen molar-refractivity contribution >= 4 is 11.4 Å². The monoisotopic (exact) mass is 223 g/mol. The van der Waals surface area contributed by atoms with Crippen molar-refractivity contribution in [2.24, 2.45) is 4.99 Å². The van der Waals surface area contributed by atoms with Crippen molar-refractivity contribution in [3.05, 3.63) is 65.7 Å². The quantitative estimate of drug-likeness (QED) is 0.791. The van der Waals surface area contributed by atoms with E-state index in [-0.39, 0.29) is 0 Å². The van der Waals surface area contributed by atoms with Crippen LogP contribution in [0.15, 0.2) is 59.6 Å². The highest BCUT2D eigenvalue weighted by molar-refractivity contribution is 6.11. The first-order chi connectivity index (χ1) is 8.19. The van der Waals surface area contributed by atoms with Crippen molar-refractivity contribution in [1.29, 1.82) is 0 Å². The van der Waals surface area contributed by atoms with Gasteiger partial charge in [-0.3, -0.25) is 0 Å². The SMILES string of the molecule is CC1(O)C(c2ccccc2)=Nc2ccccc21. The molecule has 1 aliphatic rings. The lowest BCUT2D eigenvalue weighted by molar-refractivity contribution is 0.138. The van der Waals surface area contributed by atoms with Crippen LogP contribution in [0.3, 0.4) is 0 Å². The molecule has 0 fully saturated rings. The molecule has 84 valence electrons. The Morgan fingerprint density at radius 3 is 2.29 bits per heavy atom. The maximum absolute atomic E-state index is 10.6. The number of nitrogens with zero attached hydrogens (tertiary/aromatic N) is 1. The molecular weight excluding hydrogens is 210 g/mol. The molecule has 0 saturated carbocycles. The van der Waals surface area contributed by atoms with Crippen molar-refractivity contribution in [2.75, 3.05) is 0 Å². The van der Waals surface area contributed by atoms with Gasteiger partial charge in [-0.15, -0.1) is 0 Å². The van der Waals surface area contributed by atoms with Crippen LogP contribution in [0.1, 0.15) is 18.1 Å². The van der Waals surface area contributed by atoms with Crippen LogP contribution in [0.25, 0.3) is 0 Å². The lowest BCUT2D eigenvalue weighted by Crippen LogP contribution is -2.29. The van der Waals surface area contributed by atoms with Gasteiger partial charge in [0.05, 0.1) is 11.4 Å². The van der Waals surface area contributed by atoms with E-state index in [0.29, 0.717) is 0 Å². The molecule has 1 atom stereocenters. The Morgan fingerprint density at radius 2 is 1.59 bits per heavy atom. The molecule has 0 bridgehead atoms. The van der Waals surface area contributed by atoms with E-state index < -0.39 is 5.60 Å². The molecule has 0 aliphatic carbocycles. The maximum atomic E-state index is 10.6. The van der Waals surface area contributed by atoms with Gasteiger partial charge in [0.1, 0.15) is 5.60 Å². The fourth-order valence-corrected chi connectivity index (χ4v) is 2.28. The average molecular weight is 223 g/mol. The summed E-state index contributed by atoms with van der Waals surface area (Å²) < 4.78 is 0. The minimum absolute atomic E-state index is 0.722. The molecule has 1 unspecified atom stereocenters. The molecule has 2 heteroatoms. The minimum Gasteiger partial charge on any atom is -0.379 e. The van der Waals surface area contributed by atoms with Crippen LogP contribution < -0.4 is 0 Å². The Bertz CT molecular complexity index is 585. The number of hydrogen-bond acceptors (Lipinski definition) is 2. The smallest absolute Gasteiger partial charge is 0.131 e. The van der Waals surface area contributed by atoms with Gasteiger partial charge in [0, 0.05) is 5.56 Å². The van der Waals surface area contributed by atoms with Crippen LogP contribution in [0.4, 0.5) is 5.69 Å². The minimum atomic E-state index is -1.00. The van der Waals surface area contributed by atoms with Crippen molar-refractivity contribution in [2.45, 2.75) is 12.5 Å². The van der Waals surface area contributed by atoms with E-state index in [9.17, 15) is 5.11 Å². The summed E-state index contributed by atoms with van der Waals surface area (Å²) >= 11 is 0. The first kappa shape index (κ1) is 10.2. The van der Waals surface area contributed by atoms with Gasteiger partial charge in [0.2, 0.25) is 0 Å². The molecule has 2 aromatic carbocycles. The molecule has 0 saturated heterocycles. The summed E-state index contributed by atoms with van der Waals surface area (Å²) in [5, 5.41) is 10.6. The van der Waals surface area contributed by atoms with Crippen molar-refractivity contribution < 1.29 is 5.11 Å². The zero-order valence-electron chi connectivity index (χ0n) is 9.59. The average Bonchev–Trinajstić information content (AvgIpc) is 2.63. The third-order valence-electron chi connectivity index (χ3n) is 3.17. The van der Waals surface area contributed by atoms with Crippen LogP contribution in [-0.4, -0.2) is 10.8 Å². The lowest BCUT2D eigenvalue weighted by atomic mass is 9.89. The summed E-state index contributed by atoms with van der Waals surface area (Å²) in [5.41, 5.74) is 2.42. The molecular formula is C15H13NO. The van der Waals surface area contributed by atoms with Crippen LogP contribution in [0.2, 0.25) is 0 Å². The van der Waals surface area contributed by atoms with Crippen molar-refractivity contribution in [3.63, 3.8) is 0 Å². The van der Waals surface area contributed by atoms with Crippen LogP contribution in [0, 0.1) is 0 Å². The number of aliphatic imine (C=N–C) groups is 1. The highest BCUT2D eigenvalue weighted by Crippen LogP contribution is 2.39. The standard InChI is InChI=1S/C15H13NO/c1-15(17)12-9-5-6-10-13(12)16-14(15)11-7-3-2-4-8-11/h2-10,17H,1H3. The van der Waals surface area contributed by atoms with Gasteiger partial charge >= 0.3 is 0 Å². The Kier molecular flexibility index (Phi) is 2.13. The number of aliphatic hydroxyl groups is 1. The number of para-hydroxylation sites is 1. The Morgan fingerprint density at radius 1 is 0.941 bits per heavy atom. The third kappa shape index (κ3) is 1.49. The van der Waals surface area contributed by atoms with Gasteiger partial charge in [-0.05, 0) is 18.6 Å². The molecule has 0 radical (unpaired) electrons. The second-order valence-corrected chi connectivity index (χ2v) is 4.42. The molecule has 3 rings (SSSR count). The number of hydrogen-bond donors (Lipinski definition) is 1. The third-order valence-corrected chi connectivity index (χ3v) is 3.17. The Labute approximate surface area is 100 Å². The first-order valence-electron chi connectivity index (χ1n) is 5.66. The van der Waals surface area contributed by atoms with E-state index in [1.165, 1.54) is 0 Å². The summed E-state index contributed by atoms with van der Waals surface area (Å²) in [5.74, 6) is 0. The Hall–Kier alpha value is -1.93. The second-order valence-electron chi connectivity index (χ2n) is 4.42. The predicted molar refractivity (Wildman–Crippen MR) is 68.7 cm³/mol. The van der Waals surface area contributed by atoms with Gasteiger partial charge in [-0.2, -0.15) is 0 Å². The van der Waals surface area contributed by atoms with E-state index in [2.05, 4.69) is 4.99 Å². The molecule has 0 amide bonds. The van der Waals surface area contributed by atoms with E-state index >= 15 is 0 Å². The molecule has 2 nitrogen and oxygen atoms in total. The zero-order chi connectivity index (χ0) is 11.9. The molecule has 1 aliphatic heterocycles. The predicted octanol–water partition coefficient (Wildman–Crippen LogP) is 3.03. The van der Waals surface area contributed by atoms with E-state index in [1.807, 2.05) is 54.6 Å². The summed E-state index contributed by atoms with van der Waals surface area (Å²) in [7, 11) is 0. The van der Waals surface area contributed by atoms with Gasteiger partial charge in [0.25, 0.3) is 0 Å². The fourth-order valence-electron chi connectivity index (χ4n) is 2.28. The van der Waals surface area contributed by atoms with Gasteiger partial charge in [-0.25, -0.2) is 4.99 Å². The molecule has 0 aromatic heterocycles. The normalized spacial score (nSPS) is 22.1. The van der Waals surface area contributed by atoms with Crippen LogP contribution in [0.5, 0.6) is 0 Å². The van der Waals surface area contributed by atoms with Crippen molar-refractivity contribution in [3.8, 4) is 0 Å². The first-order valence-corrected chi connectivity index (χ1v) is 5.66. The number of rotatable bonds is 1. The van der Waals surface area contributed by atoms with E-state index in [1.54, 1.807) is 6.92 Å². The number of benzene rings is 2. The Balaban J connectivity index is 2.17. The van der Waals surface area contributed by atoms with Gasteiger partial charge in [-0.1, -0.05) is 48.5 Å². The van der Waals surface area contributed by atoms with Crippen LogP contribution >= 0.6 is 0 Å². The van der Waals surface area contributed by atoms with Crippen LogP contribution in [-0.2, 0) is 5.60 Å². The molecule has 17 heavy (non-hydrogen) atoms. The lowest BCUT2D eigenvalue weighted by Gasteiger charge is -2.20. The molecule has 0 spiro atoms. The van der Waals surface area contributed by atoms with Crippen molar-refractivity contribution in [1.82, 2.24) is 0 Å². The maximum Gasteiger partial charge on any atom is 0.131 e. The topological polar surface area (TPSA) is 32.6 Å².